The fourth-order valence-corrected chi connectivity index (χ4v) is 1.42. The SMILES string of the molecule is COc1cc([C@H](N)C(F)(F)F)ccc1OC(C)C. The van der Waals surface area contributed by atoms with Gasteiger partial charge in [-0.2, -0.15) is 13.2 Å². The van der Waals surface area contributed by atoms with Crippen LogP contribution >= 0.6 is 0 Å². The van der Waals surface area contributed by atoms with Crippen LogP contribution in [0.5, 0.6) is 11.5 Å². The lowest BCUT2D eigenvalue weighted by molar-refractivity contribution is -0.149. The maximum atomic E-state index is 12.5. The minimum absolute atomic E-state index is 0.0598. The fraction of sp³-hybridized carbons (Fsp3) is 0.500. The molecule has 0 aromatic heterocycles. The van der Waals surface area contributed by atoms with E-state index in [1.807, 2.05) is 13.8 Å². The van der Waals surface area contributed by atoms with E-state index in [1.54, 1.807) is 0 Å². The minimum Gasteiger partial charge on any atom is -0.493 e. The first-order valence-corrected chi connectivity index (χ1v) is 5.42. The molecule has 102 valence electrons. The monoisotopic (exact) mass is 263 g/mol. The normalized spacial score (nSPS) is 13.6. The van der Waals surface area contributed by atoms with Crippen LogP contribution in [0.25, 0.3) is 0 Å². The molecule has 0 radical (unpaired) electrons. The quantitative estimate of drug-likeness (QED) is 0.908. The predicted molar refractivity (Wildman–Crippen MR) is 61.7 cm³/mol. The van der Waals surface area contributed by atoms with Gasteiger partial charge in [-0.1, -0.05) is 6.07 Å². The molecule has 1 atom stereocenters. The Hall–Kier alpha value is -1.43. The molecule has 6 heteroatoms. The highest BCUT2D eigenvalue weighted by Gasteiger charge is 2.38. The van der Waals surface area contributed by atoms with Gasteiger partial charge in [0.25, 0.3) is 0 Å². The first-order chi connectivity index (χ1) is 8.25. The number of nitrogens with two attached hydrogens (primary N) is 1. The Kier molecular flexibility index (Phi) is 4.45. The number of alkyl halides is 3. The van der Waals surface area contributed by atoms with Crippen molar-refractivity contribution >= 4 is 0 Å². The molecule has 1 aromatic carbocycles. The second kappa shape index (κ2) is 5.48. The topological polar surface area (TPSA) is 44.5 Å². The van der Waals surface area contributed by atoms with Gasteiger partial charge in [0.05, 0.1) is 13.2 Å². The molecule has 0 saturated carbocycles. The lowest BCUT2D eigenvalue weighted by Crippen LogP contribution is -2.28. The predicted octanol–water partition coefficient (Wildman–Crippen LogP) is 3.04. The molecule has 1 aromatic rings. The summed E-state index contributed by atoms with van der Waals surface area (Å²) in [6.07, 6.45) is -4.58. The van der Waals surface area contributed by atoms with E-state index in [4.69, 9.17) is 15.2 Å². The highest BCUT2D eigenvalue weighted by molar-refractivity contribution is 5.44. The van der Waals surface area contributed by atoms with E-state index in [2.05, 4.69) is 0 Å². The van der Waals surface area contributed by atoms with Crippen LogP contribution in [0.4, 0.5) is 13.2 Å². The highest BCUT2D eigenvalue weighted by Crippen LogP contribution is 2.35. The summed E-state index contributed by atoms with van der Waals surface area (Å²) in [7, 11) is 1.37. The van der Waals surface area contributed by atoms with Crippen LogP contribution in [-0.4, -0.2) is 19.4 Å². The number of benzene rings is 1. The Balaban J connectivity index is 3.05. The number of halogens is 3. The Labute approximate surface area is 104 Å². The Bertz CT molecular complexity index is 405. The summed E-state index contributed by atoms with van der Waals surface area (Å²) >= 11 is 0. The first kappa shape index (κ1) is 14.6. The van der Waals surface area contributed by atoms with Crippen LogP contribution in [0, 0.1) is 0 Å². The average Bonchev–Trinajstić information content (AvgIpc) is 2.26. The van der Waals surface area contributed by atoms with E-state index in [0.29, 0.717) is 5.75 Å². The van der Waals surface area contributed by atoms with Gasteiger partial charge in [0.15, 0.2) is 11.5 Å². The second-order valence-corrected chi connectivity index (χ2v) is 4.10. The molecule has 0 unspecified atom stereocenters. The third-order valence-corrected chi connectivity index (χ3v) is 2.26. The lowest BCUT2D eigenvalue weighted by Gasteiger charge is -2.19. The van der Waals surface area contributed by atoms with Crippen LogP contribution in [0.1, 0.15) is 25.5 Å². The smallest absolute Gasteiger partial charge is 0.407 e. The molecule has 0 amide bonds. The molecule has 0 saturated heterocycles. The van der Waals surface area contributed by atoms with Crippen molar-refractivity contribution < 1.29 is 22.6 Å². The third-order valence-electron chi connectivity index (χ3n) is 2.26. The summed E-state index contributed by atoms with van der Waals surface area (Å²) in [6, 6.07) is 1.94. The zero-order valence-corrected chi connectivity index (χ0v) is 10.4. The Morgan fingerprint density at radius 1 is 1.17 bits per heavy atom. The minimum atomic E-state index is -4.48. The summed E-state index contributed by atoms with van der Waals surface area (Å²) in [5, 5.41) is 0. The molecular weight excluding hydrogens is 247 g/mol. The largest absolute Gasteiger partial charge is 0.493 e. The van der Waals surface area contributed by atoms with Crippen molar-refractivity contribution in [1.29, 1.82) is 0 Å². The van der Waals surface area contributed by atoms with E-state index in [-0.39, 0.29) is 17.4 Å². The highest BCUT2D eigenvalue weighted by atomic mass is 19.4. The maximum Gasteiger partial charge on any atom is 0.407 e. The summed E-state index contributed by atoms with van der Waals surface area (Å²) in [4.78, 5) is 0. The number of hydrogen-bond donors (Lipinski definition) is 1. The molecule has 18 heavy (non-hydrogen) atoms. The van der Waals surface area contributed by atoms with E-state index in [0.717, 1.165) is 0 Å². The number of ether oxygens (including phenoxy) is 2. The van der Waals surface area contributed by atoms with E-state index in [9.17, 15) is 13.2 Å². The lowest BCUT2D eigenvalue weighted by atomic mass is 10.1. The summed E-state index contributed by atoms with van der Waals surface area (Å²) < 4.78 is 47.9. The molecule has 0 aliphatic rings. The maximum absolute atomic E-state index is 12.5. The standard InChI is InChI=1S/C12H16F3NO2/c1-7(2)18-9-5-4-8(6-10(9)17-3)11(16)12(13,14)15/h4-7,11H,16H2,1-3H3/t11-/m0/s1. The zero-order valence-electron chi connectivity index (χ0n) is 10.4. The van der Waals surface area contributed by atoms with Crippen molar-refractivity contribution in [3.63, 3.8) is 0 Å². The molecule has 0 spiro atoms. The summed E-state index contributed by atoms with van der Waals surface area (Å²) in [5.41, 5.74) is 5.07. The van der Waals surface area contributed by atoms with Gasteiger partial charge in [-0.25, -0.2) is 0 Å². The van der Waals surface area contributed by atoms with Gasteiger partial charge in [-0.05, 0) is 31.5 Å². The van der Waals surface area contributed by atoms with E-state index >= 15 is 0 Å². The van der Waals surface area contributed by atoms with Crippen LogP contribution in [0.2, 0.25) is 0 Å². The van der Waals surface area contributed by atoms with Gasteiger partial charge in [-0.15, -0.1) is 0 Å². The average molecular weight is 263 g/mol. The van der Waals surface area contributed by atoms with Crippen LogP contribution < -0.4 is 15.2 Å². The van der Waals surface area contributed by atoms with E-state index < -0.39 is 12.2 Å². The molecule has 0 aliphatic carbocycles. The van der Waals surface area contributed by atoms with Gasteiger partial charge >= 0.3 is 6.18 Å². The van der Waals surface area contributed by atoms with Crippen LogP contribution in [0.15, 0.2) is 18.2 Å². The van der Waals surface area contributed by atoms with Crippen molar-refractivity contribution in [3.05, 3.63) is 23.8 Å². The fourth-order valence-electron chi connectivity index (χ4n) is 1.42. The van der Waals surface area contributed by atoms with E-state index in [1.165, 1.54) is 25.3 Å². The molecule has 0 bridgehead atoms. The Morgan fingerprint density at radius 2 is 1.78 bits per heavy atom. The molecule has 1 rings (SSSR count). The molecule has 0 heterocycles. The molecule has 3 nitrogen and oxygen atoms in total. The summed E-state index contributed by atoms with van der Waals surface area (Å²) in [6.45, 7) is 3.63. The van der Waals surface area contributed by atoms with Gasteiger partial charge in [-0.3, -0.25) is 0 Å². The van der Waals surface area contributed by atoms with Crippen LogP contribution in [-0.2, 0) is 0 Å². The molecule has 0 aliphatic heterocycles. The number of rotatable bonds is 4. The third kappa shape index (κ3) is 3.53. The van der Waals surface area contributed by atoms with Crippen molar-refractivity contribution in [2.45, 2.75) is 32.2 Å². The second-order valence-electron chi connectivity index (χ2n) is 4.10. The van der Waals surface area contributed by atoms with Gasteiger partial charge in [0, 0.05) is 0 Å². The van der Waals surface area contributed by atoms with Crippen LogP contribution in [0.3, 0.4) is 0 Å². The summed E-state index contributed by atoms with van der Waals surface area (Å²) in [5.74, 6) is 0.631. The first-order valence-electron chi connectivity index (χ1n) is 5.42. The molecular formula is C12H16F3NO2. The van der Waals surface area contributed by atoms with Crippen molar-refractivity contribution in [2.24, 2.45) is 5.73 Å². The van der Waals surface area contributed by atoms with Gasteiger partial charge in [0.1, 0.15) is 6.04 Å². The number of methoxy groups -OCH3 is 1. The number of hydrogen-bond acceptors (Lipinski definition) is 3. The van der Waals surface area contributed by atoms with Gasteiger partial charge < -0.3 is 15.2 Å². The Morgan fingerprint density at radius 3 is 2.22 bits per heavy atom. The molecule has 2 N–H and O–H groups in total. The zero-order chi connectivity index (χ0) is 13.9. The van der Waals surface area contributed by atoms with Crippen molar-refractivity contribution in [1.82, 2.24) is 0 Å². The van der Waals surface area contributed by atoms with Crippen molar-refractivity contribution in [3.8, 4) is 11.5 Å². The van der Waals surface area contributed by atoms with Gasteiger partial charge in [0.2, 0.25) is 0 Å². The molecule has 0 fully saturated rings. The van der Waals surface area contributed by atoms with Crippen molar-refractivity contribution in [2.75, 3.05) is 7.11 Å².